The van der Waals surface area contributed by atoms with E-state index >= 15 is 0 Å². The quantitative estimate of drug-likeness (QED) is 0.556. The van der Waals surface area contributed by atoms with Crippen molar-refractivity contribution in [3.8, 4) is 17.1 Å². The van der Waals surface area contributed by atoms with Gasteiger partial charge >= 0.3 is 0 Å². The molecule has 0 aliphatic carbocycles. The molecule has 1 aromatic heterocycles. The second-order valence-electron chi connectivity index (χ2n) is 7.71. The number of nitrogens with zero attached hydrogens (tertiary/aromatic N) is 4. The topological polar surface area (TPSA) is 71.7 Å². The molecular weight excluding hydrogens is 392 g/mol. The molecule has 0 bridgehead atoms. The molecule has 0 N–H and O–H groups in total. The van der Waals surface area contributed by atoms with Crippen LogP contribution in [-0.4, -0.2) is 59.1 Å². The predicted octanol–water partition coefficient (Wildman–Crippen LogP) is 3.41. The summed E-state index contributed by atoms with van der Waals surface area (Å²) in [7, 11) is 1.63. The van der Waals surface area contributed by atoms with Gasteiger partial charge in [-0.2, -0.15) is 4.98 Å². The third kappa shape index (κ3) is 5.49. The highest BCUT2D eigenvalue weighted by atomic mass is 16.5. The molecule has 2 aromatic carbocycles. The third-order valence-electron chi connectivity index (χ3n) is 5.60. The van der Waals surface area contributed by atoms with E-state index in [9.17, 15) is 4.79 Å². The van der Waals surface area contributed by atoms with E-state index in [1.54, 1.807) is 7.11 Å². The molecule has 31 heavy (non-hydrogen) atoms. The minimum Gasteiger partial charge on any atom is -0.496 e. The number of piperazine rings is 1. The van der Waals surface area contributed by atoms with Crippen molar-refractivity contribution in [3.05, 3.63) is 66.1 Å². The summed E-state index contributed by atoms with van der Waals surface area (Å²) in [4.78, 5) is 21.3. The number of ether oxygens (including phenoxy) is 1. The number of amides is 1. The Morgan fingerprint density at radius 3 is 2.55 bits per heavy atom. The Labute approximate surface area is 182 Å². The number of hydrogen-bond donors (Lipinski definition) is 0. The van der Waals surface area contributed by atoms with Gasteiger partial charge in [0.1, 0.15) is 5.75 Å². The summed E-state index contributed by atoms with van der Waals surface area (Å²) in [6.45, 7) is 3.65. The zero-order valence-corrected chi connectivity index (χ0v) is 17.9. The standard InChI is InChI=1S/C24H28N4O3/c1-30-21-12-6-5-11-20(21)24-25-22(31-26-24)18-27-14-16-28(17-15-27)23(29)13-7-10-19-8-3-2-4-9-19/h2-6,8-9,11-12H,7,10,13-18H2,1H3. The van der Waals surface area contributed by atoms with E-state index < -0.39 is 0 Å². The number of benzene rings is 2. The second-order valence-corrected chi connectivity index (χ2v) is 7.71. The van der Waals surface area contributed by atoms with E-state index in [1.165, 1.54) is 5.56 Å². The fourth-order valence-corrected chi connectivity index (χ4v) is 3.85. The average molecular weight is 421 g/mol. The van der Waals surface area contributed by atoms with Gasteiger partial charge in [-0.05, 0) is 30.5 Å². The Morgan fingerprint density at radius 1 is 1.03 bits per heavy atom. The summed E-state index contributed by atoms with van der Waals surface area (Å²) in [5.74, 6) is 2.06. The van der Waals surface area contributed by atoms with E-state index in [-0.39, 0.29) is 5.91 Å². The number of hydrogen-bond acceptors (Lipinski definition) is 6. The van der Waals surface area contributed by atoms with Gasteiger partial charge in [-0.15, -0.1) is 0 Å². The summed E-state index contributed by atoms with van der Waals surface area (Å²) >= 11 is 0. The van der Waals surface area contributed by atoms with Crippen LogP contribution in [0.5, 0.6) is 5.75 Å². The van der Waals surface area contributed by atoms with Crippen LogP contribution < -0.4 is 4.74 Å². The van der Waals surface area contributed by atoms with Crippen LogP contribution in [0.15, 0.2) is 59.1 Å². The monoisotopic (exact) mass is 420 g/mol. The molecule has 1 amide bonds. The first-order valence-corrected chi connectivity index (χ1v) is 10.7. The molecule has 0 radical (unpaired) electrons. The number of carbonyl (C=O) groups excluding carboxylic acids is 1. The lowest BCUT2D eigenvalue weighted by molar-refractivity contribution is -0.133. The Bertz CT molecular complexity index is 981. The molecular formula is C24H28N4O3. The van der Waals surface area contributed by atoms with Crippen molar-refractivity contribution in [1.82, 2.24) is 19.9 Å². The van der Waals surface area contributed by atoms with Crippen molar-refractivity contribution in [1.29, 1.82) is 0 Å². The van der Waals surface area contributed by atoms with Crippen molar-refractivity contribution in [2.45, 2.75) is 25.8 Å². The van der Waals surface area contributed by atoms with Crippen LogP contribution in [0.3, 0.4) is 0 Å². The van der Waals surface area contributed by atoms with Gasteiger partial charge in [-0.25, -0.2) is 0 Å². The number of rotatable bonds is 8. The van der Waals surface area contributed by atoms with Crippen molar-refractivity contribution in [3.63, 3.8) is 0 Å². The highest BCUT2D eigenvalue weighted by molar-refractivity contribution is 5.76. The molecule has 0 spiro atoms. The fraction of sp³-hybridized carbons (Fsp3) is 0.375. The first-order chi connectivity index (χ1) is 15.2. The zero-order chi connectivity index (χ0) is 21.5. The molecule has 1 aliphatic rings. The van der Waals surface area contributed by atoms with Crippen LogP contribution in [-0.2, 0) is 17.8 Å². The molecule has 1 aliphatic heterocycles. The molecule has 1 saturated heterocycles. The summed E-state index contributed by atoms with van der Waals surface area (Å²) in [5.41, 5.74) is 2.10. The molecule has 0 unspecified atom stereocenters. The van der Waals surface area contributed by atoms with Crippen LogP contribution in [0, 0.1) is 0 Å². The molecule has 0 saturated carbocycles. The van der Waals surface area contributed by atoms with E-state index in [2.05, 4.69) is 27.2 Å². The summed E-state index contributed by atoms with van der Waals surface area (Å²) < 4.78 is 10.8. The first-order valence-electron chi connectivity index (χ1n) is 10.7. The van der Waals surface area contributed by atoms with Gasteiger partial charge in [0.05, 0.1) is 19.2 Å². The number of aromatic nitrogens is 2. The third-order valence-corrected chi connectivity index (χ3v) is 5.60. The number of carbonyl (C=O) groups is 1. The predicted molar refractivity (Wildman–Crippen MR) is 118 cm³/mol. The molecule has 1 fully saturated rings. The molecule has 4 rings (SSSR count). The van der Waals surface area contributed by atoms with Crippen LogP contribution in [0.4, 0.5) is 0 Å². The minimum absolute atomic E-state index is 0.242. The Kier molecular flexibility index (Phi) is 6.94. The molecule has 2 heterocycles. The van der Waals surface area contributed by atoms with E-state index in [1.807, 2.05) is 47.4 Å². The van der Waals surface area contributed by atoms with Crippen LogP contribution in [0.25, 0.3) is 11.4 Å². The van der Waals surface area contributed by atoms with Gasteiger partial charge in [0, 0.05) is 32.6 Å². The Hall–Kier alpha value is -3.19. The number of para-hydroxylation sites is 1. The van der Waals surface area contributed by atoms with Crippen molar-refractivity contribution in [2.24, 2.45) is 0 Å². The maximum atomic E-state index is 12.5. The number of methoxy groups -OCH3 is 1. The van der Waals surface area contributed by atoms with E-state index in [0.29, 0.717) is 30.4 Å². The maximum absolute atomic E-state index is 12.5. The Morgan fingerprint density at radius 2 is 1.77 bits per heavy atom. The highest BCUT2D eigenvalue weighted by Crippen LogP contribution is 2.27. The van der Waals surface area contributed by atoms with Gasteiger partial charge in [-0.1, -0.05) is 47.6 Å². The van der Waals surface area contributed by atoms with Gasteiger partial charge in [0.15, 0.2) is 0 Å². The number of aryl methyl sites for hydroxylation is 1. The molecule has 7 nitrogen and oxygen atoms in total. The van der Waals surface area contributed by atoms with Crippen LogP contribution >= 0.6 is 0 Å². The van der Waals surface area contributed by atoms with Crippen LogP contribution in [0.1, 0.15) is 24.3 Å². The summed E-state index contributed by atoms with van der Waals surface area (Å²) in [6.07, 6.45) is 2.43. The molecule has 162 valence electrons. The second kappa shape index (κ2) is 10.2. The maximum Gasteiger partial charge on any atom is 0.241 e. The van der Waals surface area contributed by atoms with Crippen molar-refractivity contribution >= 4 is 5.91 Å². The molecule has 7 heteroatoms. The lowest BCUT2D eigenvalue weighted by Crippen LogP contribution is -2.48. The normalized spacial score (nSPS) is 14.5. The SMILES string of the molecule is COc1ccccc1-c1noc(CN2CCN(C(=O)CCCc3ccccc3)CC2)n1. The minimum atomic E-state index is 0.242. The van der Waals surface area contributed by atoms with Crippen LogP contribution in [0.2, 0.25) is 0 Å². The molecule has 3 aromatic rings. The fourth-order valence-electron chi connectivity index (χ4n) is 3.85. The lowest BCUT2D eigenvalue weighted by Gasteiger charge is -2.34. The van der Waals surface area contributed by atoms with E-state index in [4.69, 9.17) is 9.26 Å². The summed E-state index contributed by atoms with van der Waals surface area (Å²) in [6, 6.07) is 17.9. The largest absolute Gasteiger partial charge is 0.496 e. The zero-order valence-electron chi connectivity index (χ0n) is 17.9. The van der Waals surface area contributed by atoms with Gasteiger partial charge in [-0.3, -0.25) is 9.69 Å². The Balaban J connectivity index is 1.23. The van der Waals surface area contributed by atoms with Crippen molar-refractivity contribution < 1.29 is 14.1 Å². The summed E-state index contributed by atoms with van der Waals surface area (Å²) in [5, 5.41) is 4.11. The van der Waals surface area contributed by atoms with Crippen molar-refractivity contribution in [2.75, 3.05) is 33.3 Å². The molecule has 0 atom stereocenters. The van der Waals surface area contributed by atoms with Gasteiger partial charge < -0.3 is 14.2 Å². The smallest absolute Gasteiger partial charge is 0.241 e. The highest BCUT2D eigenvalue weighted by Gasteiger charge is 2.22. The van der Waals surface area contributed by atoms with Gasteiger partial charge in [0.25, 0.3) is 0 Å². The first kappa shape index (κ1) is 21.1. The van der Waals surface area contributed by atoms with E-state index in [0.717, 1.165) is 44.6 Å². The van der Waals surface area contributed by atoms with Gasteiger partial charge in [0.2, 0.25) is 17.6 Å². The average Bonchev–Trinajstić information content (AvgIpc) is 3.28. The lowest BCUT2D eigenvalue weighted by atomic mass is 10.1.